The van der Waals surface area contributed by atoms with Gasteiger partial charge in [-0.05, 0) is 25.0 Å². The fraction of sp³-hybridized carbons (Fsp3) is 0.500. The maximum absolute atomic E-state index is 13.2. The van der Waals surface area contributed by atoms with Crippen LogP contribution >= 0.6 is 11.6 Å². The summed E-state index contributed by atoms with van der Waals surface area (Å²) < 4.78 is 31.8. The first-order chi connectivity index (χ1) is 12.4. The maximum Gasteiger partial charge on any atom is 0.248 e. The Morgan fingerprint density at radius 1 is 1.27 bits per heavy atom. The van der Waals surface area contributed by atoms with Gasteiger partial charge < -0.3 is 9.42 Å². The number of nitrogens with zero attached hydrogens (tertiary/aromatic N) is 3. The lowest BCUT2D eigenvalue weighted by Crippen LogP contribution is -2.51. The molecule has 2 aliphatic rings. The van der Waals surface area contributed by atoms with Crippen molar-refractivity contribution in [2.75, 3.05) is 13.1 Å². The predicted octanol–water partition coefficient (Wildman–Crippen LogP) is 4.14. The molecule has 138 valence electrons. The molecule has 1 aromatic heterocycles. The van der Waals surface area contributed by atoms with Crippen molar-refractivity contribution in [3.05, 3.63) is 35.2 Å². The maximum atomic E-state index is 13.2. The summed E-state index contributed by atoms with van der Waals surface area (Å²) in [5, 5.41) is 4.56. The summed E-state index contributed by atoms with van der Waals surface area (Å²) in [5.74, 6) is -2.01. The molecule has 1 amide bonds. The van der Waals surface area contributed by atoms with Gasteiger partial charge in [0.1, 0.15) is 0 Å². The quantitative estimate of drug-likeness (QED) is 0.801. The van der Waals surface area contributed by atoms with Crippen LogP contribution in [0.3, 0.4) is 0 Å². The molecule has 0 N–H and O–H groups in total. The standard InChI is InChI=1S/C18H18ClF2N3O2/c19-14-3-1-2-12(8-14)15-22-16(26-23-15)13-9-24(10-13)17(25)11-4-6-18(20,21)7-5-11/h1-3,8,11,13H,4-7,9-10H2. The number of hydrogen-bond acceptors (Lipinski definition) is 4. The molecule has 0 unspecified atom stereocenters. The Balaban J connectivity index is 1.34. The first kappa shape index (κ1) is 17.4. The van der Waals surface area contributed by atoms with Gasteiger partial charge in [0.05, 0.1) is 5.92 Å². The van der Waals surface area contributed by atoms with Crippen molar-refractivity contribution in [1.82, 2.24) is 15.0 Å². The third-order valence-corrected chi connectivity index (χ3v) is 5.37. The molecule has 0 radical (unpaired) electrons. The molecule has 4 rings (SSSR count). The van der Waals surface area contributed by atoms with E-state index in [1.165, 1.54) is 0 Å². The van der Waals surface area contributed by atoms with Crippen LogP contribution in [0, 0.1) is 5.92 Å². The minimum atomic E-state index is -2.62. The summed E-state index contributed by atoms with van der Waals surface area (Å²) in [6, 6.07) is 7.18. The predicted molar refractivity (Wildman–Crippen MR) is 91.0 cm³/mol. The van der Waals surface area contributed by atoms with Gasteiger partial charge in [-0.2, -0.15) is 4.98 Å². The van der Waals surface area contributed by atoms with Gasteiger partial charge in [0, 0.05) is 42.4 Å². The molecule has 0 spiro atoms. The van der Waals surface area contributed by atoms with Crippen molar-refractivity contribution in [1.29, 1.82) is 0 Å². The van der Waals surface area contributed by atoms with Crippen LogP contribution in [0.5, 0.6) is 0 Å². The molecule has 1 aliphatic carbocycles. The highest BCUT2D eigenvalue weighted by Gasteiger charge is 2.42. The van der Waals surface area contributed by atoms with Crippen molar-refractivity contribution >= 4 is 17.5 Å². The third kappa shape index (κ3) is 3.45. The largest absolute Gasteiger partial charge is 0.341 e. The second-order valence-electron chi connectivity index (χ2n) is 7.04. The molecule has 1 aromatic carbocycles. The highest BCUT2D eigenvalue weighted by atomic mass is 35.5. The first-order valence-electron chi connectivity index (χ1n) is 8.67. The summed E-state index contributed by atoms with van der Waals surface area (Å²) in [4.78, 5) is 18.5. The van der Waals surface area contributed by atoms with Gasteiger partial charge in [-0.1, -0.05) is 28.9 Å². The van der Waals surface area contributed by atoms with Crippen LogP contribution in [-0.4, -0.2) is 40.0 Å². The van der Waals surface area contributed by atoms with Gasteiger partial charge >= 0.3 is 0 Å². The van der Waals surface area contributed by atoms with Crippen molar-refractivity contribution in [3.63, 3.8) is 0 Å². The number of rotatable bonds is 3. The van der Waals surface area contributed by atoms with Crippen molar-refractivity contribution in [3.8, 4) is 11.4 Å². The Morgan fingerprint density at radius 3 is 2.69 bits per heavy atom. The average Bonchev–Trinajstić information content (AvgIpc) is 3.03. The van der Waals surface area contributed by atoms with Gasteiger partial charge in [0.25, 0.3) is 0 Å². The van der Waals surface area contributed by atoms with E-state index in [0.29, 0.717) is 29.8 Å². The van der Waals surface area contributed by atoms with Crippen molar-refractivity contribution in [2.24, 2.45) is 5.92 Å². The molecular weight excluding hydrogens is 364 g/mol. The molecular formula is C18H18ClF2N3O2. The summed E-state index contributed by atoms with van der Waals surface area (Å²) >= 11 is 5.97. The van der Waals surface area contributed by atoms with Crippen molar-refractivity contribution in [2.45, 2.75) is 37.5 Å². The minimum absolute atomic E-state index is 0.00980. The van der Waals surface area contributed by atoms with Gasteiger partial charge in [-0.3, -0.25) is 4.79 Å². The van der Waals surface area contributed by atoms with Gasteiger partial charge in [0.2, 0.25) is 23.5 Å². The lowest BCUT2D eigenvalue weighted by molar-refractivity contribution is -0.144. The molecule has 26 heavy (non-hydrogen) atoms. The Bertz CT molecular complexity index is 810. The normalized spacial score (nSPS) is 20.8. The summed E-state index contributed by atoms with van der Waals surface area (Å²) in [6.07, 6.45) is 0.111. The lowest BCUT2D eigenvalue weighted by Gasteiger charge is -2.40. The number of halogens is 3. The van der Waals surface area contributed by atoms with Crippen molar-refractivity contribution < 1.29 is 18.1 Å². The van der Waals surface area contributed by atoms with Crippen LogP contribution in [0.2, 0.25) is 5.02 Å². The number of aromatic nitrogens is 2. The number of carbonyl (C=O) groups excluding carboxylic acids is 1. The molecule has 8 heteroatoms. The second kappa shape index (κ2) is 6.61. The van der Waals surface area contributed by atoms with Gasteiger partial charge in [-0.25, -0.2) is 8.78 Å². The Morgan fingerprint density at radius 2 is 2.00 bits per heavy atom. The van der Waals surface area contributed by atoms with E-state index in [0.717, 1.165) is 5.56 Å². The fourth-order valence-corrected chi connectivity index (χ4v) is 3.70. The SMILES string of the molecule is O=C(C1CCC(F)(F)CC1)N1CC(c2nc(-c3cccc(Cl)c3)no2)C1. The third-order valence-electron chi connectivity index (χ3n) is 5.13. The van der Waals surface area contributed by atoms with E-state index < -0.39 is 5.92 Å². The Hall–Kier alpha value is -2.02. The number of likely N-dealkylation sites (tertiary alicyclic amines) is 1. The Labute approximate surface area is 154 Å². The fourth-order valence-electron chi connectivity index (χ4n) is 3.51. The molecule has 1 saturated carbocycles. The van der Waals surface area contributed by atoms with E-state index in [9.17, 15) is 13.6 Å². The highest BCUT2D eigenvalue weighted by molar-refractivity contribution is 6.30. The Kier molecular flexibility index (Phi) is 4.42. The summed E-state index contributed by atoms with van der Waals surface area (Å²) in [7, 11) is 0. The zero-order valence-electron chi connectivity index (χ0n) is 14.0. The number of benzene rings is 1. The van der Waals surface area contributed by atoms with E-state index >= 15 is 0 Å². The van der Waals surface area contributed by atoms with Crippen LogP contribution in [-0.2, 0) is 4.79 Å². The van der Waals surface area contributed by atoms with Crippen LogP contribution in [0.4, 0.5) is 8.78 Å². The van der Waals surface area contributed by atoms with Crippen LogP contribution in [0.25, 0.3) is 11.4 Å². The van der Waals surface area contributed by atoms with E-state index in [4.69, 9.17) is 16.1 Å². The average molecular weight is 382 g/mol. The number of alkyl halides is 2. The first-order valence-corrected chi connectivity index (χ1v) is 9.05. The van der Waals surface area contributed by atoms with Crippen LogP contribution < -0.4 is 0 Å². The molecule has 2 fully saturated rings. The molecule has 5 nitrogen and oxygen atoms in total. The van der Waals surface area contributed by atoms with E-state index in [-0.39, 0.29) is 43.4 Å². The number of amides is 1. The second-order valence-corrected chi connectivity index (χ2v) is 7.47. The number of carbonyl (C=O) groups is 1. The lowest BCUT2D eigenvalue weighted by atomic mass is 9.84. The summed E-state index contributed by atoms with van der Waals surface area (Å²) in [6.45, 7) is 0.978. The van der Waals surface area contributed by atoms with Crippen LogP contribution in [0.15, 0.2) is 28.8 Å². The number of hydrogen-bond donors (Lipinski definition) is 0. The molecule has 0 atom stereocenters. The van der Waals surface area contributed by atoms with Gasteiger partial charge in [0.15, 0.2) is 0 Å². The molecule has 0 bridgehead atoms. The highest BCUT2D eigenvalue weighted by Crippen LogP contribution is 2.38. The topological polar surface area (TPSA) is 59.2 Å². The molecule has 2 heterocycles. The molecule has 1 aliphatic heterocycles. The minimum Gasteiger partial charge on any atom is -0.341 e. The summed E-state index contributed by atoms with van der Waals surface area (Å²) in [5.41, 5.74) is 0.767. The monoisotopic (exact) mass is 381 g/mol. The van der Waals surface area contributed by atoms with E-state index in [1.807, 2.05) is 12.1 Å². The van der Waals surface area contributed by atoms with Gasteiger partial charge in [-0.15, -0.1) is 0 Å². The van der Waals surface area contributed by atoms with E-state index in [2.05, 4.69) is 10.1 Å². The molecule has 2 aromatic rings. The van der Waals surface area contributed by atoms with E-state index in [1.54, 1.807) is 17.0 Å². The zero-order chi connectivity index (χ0) is 18.3. The van der Waals surface area contributed by atoms with Crippen LogP contribution in [0.1, 0.15) is 37.5 Å². The smallest absolute Gasteiger partial charge is 0.248 e. The molecule has 1 saturated heterocycles. The zero-order valence-corrected chi connectivity index (χ0v) is 14.8.